The Hall–Kier alpha value is -3.55. The molecule has 0 saturated carbocycles. The van der Waals surface area contributed by atoms with E-state index >= 15 is 0 Å². The Balaban J connectivity index is 1.47. The van der Waals surface area contributed by atoms with Gasteiger partial charge in [0.2, 0.25) is 0 Å². The Bertz CT molecular complexity index is 1170. The van der Waals surface area contributed by atoms with Crippen LogP contribution in [-0.4, -0.2) is 37.5 Å². The Kier molecular flexibility index (Phi) is 4.08. The fraction of sp³-hybridized carbons (Fsp3) is 0.250. The van der Waals surface area contributed by atoms with Gasteiger partial charge in [0.25, 0.3) is 5.56 Å². The van der Waals surface area contributed by atoms with E-state index in [2.05, 4.69) is 25.2 Å². The highest BCUT2D eigenvalue weighted by atomic mass is 16.3. The molecule has 0 N–H and O–H groups in total. The summed E-state index contributed by atoms with van der Waals surface area (Å²) in [5, 5.41) is 13.9. The predicted octanol–water partition coefficient (Wildman–Crippen LogP) is 2.51. The lowest BCUT2D eigenvalue weighted by atomic mass is 10.2. The van der Waals surface area contributed by atoms with Gasteiger partial charge in [-0.25, -0.2) is 4.68 Å². The van der Waals surface area contributed by atoms with Gasteiger partial charge in [-0.05, 0) is 37.1 Å². The summed E-state index contributed by atoms with van der Waals surface area (Å²) in [6, 6.07) is 9.05. The standard InChI is InChI=1S/C20H18N6O2/c27-18-6-5-17(14-3-1-8-21-11-14)24-26(18)13-16-4-2-9-25(16)20-19-15(7-10-28-19)12-22-23-20/h1,3,5-8,10-12,16H,2,4,9,13H2. The van der Waals surface area contributed by atoms with Gasteiger partial charge in [0.1, 0.15) is 0 Å². The average molecular weight is 374 g/mol. The molecule has 0 aliphatic carbocycles. The Morgan fingerprint density at radius 1 is 1.18 bits per heavy atom. The molecule has 0 radical (unpaired) electrons. The molecular formula is C20H18N6O2. The summed E-state index contributed by atoms with van der Waals surface area (Å²) in [6.07, 6.45) is 8.76. The third-order valence-electron chi connectivity index (χ3n) is 5.10. The predicted molar refractivity (Wildman–Crippen MR) is 104 cm³/mol. The number of hydrogen-bond acceptors (Lipinski definition) is 7. The van der Waals surface area contributed by atoms with E-state index in [9.17, 15) is 4.79 Å². The van der Waals surface area contributed by atoms with Gasteiger partial charge in [0.05, 0.1) is 30.7 Å². The minimum atomic E-state index is -0.123. The van der Waals surface area contributed by atoms with Gasteiger partial charge in [-0.3, -0.25) is 9.78 Å². The lowest BCUT2D eigenvalue weighted by Crippen LogP contribution is -2.37. The van der Waals surface area contributed by atoms with E-state index in [1.54, 1.807) is 37.0 Å². The molecule has 1 atom stereocenters. The molecule has 28 heavy (non-hydrogen) atoms. The van der Waals surface area contributed by atoms with Crippen LogP contribution in [0.2, 0.25) is 0 Å². The van der Waals surface area contributed by atoms with E-state index in [-0.39, 0.29) is 11.6 Å². The van der Waals surface area contributed by atoms with Gasteiger partial charge >= 0.3 is 0 Å². The highest BCUT2D eigenvalue weighted by Crippen LogP contribution is 2.30. The first kappa shape index (κ1) is 16.6. The molecule has 5 rings (SSSR count). The van der Waals surface area contributed by atoms with Gasteiger partial charge in [0.15, 0.2) is 11.4 Å². The maximum Gasteiger partial charge on any atom is 0.266 e. The summed E-state index contributed by atoms with van der Waals surface area (Å²) in [7, 11) is 0. The Labute approximate surface area is 160 Å². The summed E-state index contributed by atoms with van der Waals surface area (Å²) >= 11 is 0. The van der Waals surface area contributed by atoms with Crippen molar-refractivity contribution in [3.63, 3.8) is 0 Å². The topological polar surface area (TPSA) is 89.9 Å². The average Bonchev–Trinajstić information content (AvgIpc) is 3.39. The van der Waals surface area contributed by atoms with Gasteiger partial charge < -0.3 is 9.32 Å². The summed E-state index contributed by atoms with van der Waals surface area (Å²) in [6.45, 7) is 1.32. The van der Waals surface area contributed by atoms with Gasteiger partial charge in [0, 0.05) is 36.0 Å². The number of aromatic nitrogens is 5. The second-order valence-electron chi connectivity index (χ2n) is 6.84. The number of hydrogen-bond donors (Lipinski definition) is 0. The van der Waals surface area contributed by atoms with Crippen molar-refractivity contribution in [2.45, 2.75) is 25.4 Å². The van der Waals surface area contributed by atoms with Crippen molar-refractivity contribution < 1.29 is 4.42 Å². The molecule has 140 valence electrons. The first-order chi connectivity index (χ1) is 13.8. The van der Waals surface area contributed by atoms with Crippen LogP contribution in [0, 0.1) is 0 Å². The third kappa shape index (κ3) is 2.92. The zero-order valence-electron chi connectivity index (χ0n) is 15.1. The molecule has 4 aromatic heterocycles. The number of pyridine rings is 1. The molecule has 0 bridgehead atoms. The van der Waals surface area contributed by atoms with Crippen LogP contribution in [0.25, 0.3) is 22.2 Å². The molecule has 0 amide bonds. The maximum absolute atomic E-state index is 12.4. The van der Waals surface area contributed by atoms with Crippen molar-refractivity contribution in [1.29, 1.82) is 0 Å². The highest BCUT2D eigenvalue weighted by molar-refractivity contribution is 5.86. The molecular weight excluding hydrogens is 356 g/mol. The van der Waals surface area contributed by atoms with Crippen LogP contribution in [0.4, 0.5) is 5.82 Å². The summed E-state index contributed by atoms with van der Waals surface area (Å²) < 4.78 is 7.15. The minimum absolute atomic E-state index is 0.0966. The van der Waals surface area contributed by atoms with Crippen molar-refractivity contribution in [1.82, 2.24) is 25.0 Å². The monoisotopic (exact) mass is 374 g/mol. The SMILES string of the molecule is O=c1ccc(-c2cccnc2)nn1CC1CCCN1c1nncc2ccoc12. The summed E-state index contributed by atoms with van der Waals surface area (Å²) in [4.78, 5) is 18.7. The molecule has 8 nitrogen and oxygen atoms in total. The van der Waals surface area contributed by atoms with E-state index < -0.39 is 0 Å². The molecule has 4 aromatic rings. The van der Waals surface area contributed by atoms with Crippen LogP contribution in [0.3, 0.4) is 0 Å². The quantitative estimate of drug-likeness (QED) is 0.542. The summed E-state index contributed by atoms with van der Waals surface area (Å²) in [5.74, 6) is 0.724. The Morgan fingerprint density at radius 2 is 2.14 bits per heavy atom. The molecule has 0 spiro atoms. The molecule has 8 heteroatoms. The lowest BCUT2D eigenvalue weighted by Gasteiger charge is -2.25. The first-order valence-corrected chi connectivity index (χ1v) is 9.24. The van der Waals surface area contributed by atoms with Gasteiger partial charge in [-0.2, -0.15) is 10.2 Å². The lowest BCUT2D eigenvalue weighted by molar-refractivity contribution is 0.487. The fourth-order valence-electron chi connectivity index (χ4n) is 3.73. The van der Waals surface area contributed by atoms with Crippen molar-refractivity contribution >= 4 is 16.8 Å². The maximum atomic E-state index is 12.4. The van der Waals surface area contributed by atoms with Gasteiger partial charge in [-0.1, -0.05) is 0 Å². The van der Waals surface area contributed by atoms with E-state index in [0.29, 0.717) is 6.54 Å². The number of fused-ring (bicyclic) bond motifs is 1. The summed E-state index contributed by atoms with van der Waals surface area (Å²) in [5.41, 5.74) is 2.21. The van der Waals surface area contributed by atoms with Gasteiger partial charge in [-0.15, -0.1) is 5.10 Å². The smallest absolute Gasteiger partial charge is 0.266 e. The van der Waals surface area contributed by atoms with Crippen LogP contribution in [0.5, 0.6) is 0 Å². The normalized spacial score (nSPS) is 16.7. The first-order valence-electron chi connectivity index (χ1n) is 9.24. The molecule has 1 aliphatic rings. The second kappa shape index (κ2) is 6.88. The van der Waals surface area contributed by atoms with E-state index in [4.69, 9.17) is 4.42 Å². The zero-order chi connectivity index (χ0) is 18.9. The van der Waals surface area contributed by atoms with Crippen molar-refractivity contribution in [3.05, 3.63) is 65.5 Å². The van der Waals surface area contributed by atoms with Crippen molar-refractivity contribution in [2.75, 3.05) is 11.4 Å². The molecule has 0 aromatic carbocycles. The number of rotatable bonds is 4. The molecule has 5 heterocycles. The van der Waals surface area contributed by atoms with Crippen LogP contribution >= 0.6 is 0 Å². The number of anilines is 1. The largest absolute Gasteiger partial charge is 0.460 e. The van der Waals surface area contributed by atoms with Crippen LogP contribution in [0.15, 0.2) is 64.4 Å². The molecule has 1 aliphatic heterocycles. The highest BCUT2D eigenvalue weighted by Gasteiger charge is 2.29. The van der Waals surface area contributed by atoms with Crippen LogP contribution in [-0.2, 0) is 6.54 Å². The zero-order valence-corrected chi connectivity index (χ0v) is 15.1. The third-order valence-corrected chi connectivity index (χ3v) is 5.10. The van der Waals surface area contributed by atoms with E-state index in [0.717, 1.165) is 47.4 Å². The number of furan rings is 1. The van der Waals surface area contributed by atoms with Crippen LogP contribution < -0.4 is 10.5 Å². The van der Waals surface area contributed by atoms with E-state index in [1.807, 2.05) is 18.2 Å². The molecule has 1 saturated heterocycles. The molecule has 1 fully saturated rings. The van der Waals surface area contributed by atoms with Crippen molar-refractivity contribution in [2.24, 2.45) is 0 Å². The minimum Gasteiger partial charge on any atom is -0.460 e. The van der Waals surface area contributed by atoms with E-state index in [1.165, 1.54) is 4.68 Å². The fourth-order valence-corrected chi connectivity index (χ4v) is 3.73. The Morgan fingerprint density at radius 3 is 3.04 bits per heavy atom. The molecule has 1 unspecified atom stereocenters. The number of nitrogens with zero attached hydrogens (tertiary/aromatic N) is 6. The second-order valence-corrected chi connectivity index (χ2v) is 6.84. The van der Waals surface area contributed by atoms with Crippen molar-refractivity contribution in [3.8, 4) is 11.3 Å². The van der Waals surface area contributed by atoms with Crippen LogP contribution in [0.1, 0.15) is 12.8 Å².